The molecule has 3 atom stereocenters. The average Bonchev–Trinajstić information content (AvgIpc) is 3.05. The normalized spacial score (nSPS) is 28.9. The van der Waals surface area contributed by atoms with Crippen LogP contribution in [0.1, 0.15) is 31.7 Å². The second-order valence-corrected chi connectivity index (χ2v) is 6.24. The highest BCUT2D eigenvalue weighted by Crippen LogP contribution is 2.55. The first kappa shape index (κ1) is 13.6. The van der Waals surface area contributed by atoms with Gasteiger partial charge in [-0.2, -0.15) is 0 Å². The molecule has 0 saturated heterocycles. The number of hydrogen-bond acceptors (Lipinski definition) is 3. The molecule has 2 aliphatic rings. The van der Waals surface area contributed by atoms with Gasteiger partial charge in [0.2, 0.25) is 0 Å². The van der Waals surface area contributed by atoms with Gasteiger partial charge in [-0.3, -0.25) is 10.1 Å². The molecule has 1 aromatic carbocycles. The molecule has 3 unspecified atom stereocenters. The monoisotopic (exact) mass is 274 g/mol. The summed E-state index contributed by atoms with van der Waals surface area (Å²) in [5.74, 6) is 2.59. The Kier molecular flexibility index (Phi) is 3.74. The SMILES string of the molecule is CCNC(Cc1ccccc1[N+](=O)[O-])C1CC2CC2C1. The summed E-state index contributed by atoms with van der Waals surface area (Å²) in [6.45, 7) is 3.04. The molecule has 1 N–H and O–H groups in total. The van der Waals surface area contributed by atoms with Gasteiger partial charge in [-0.1, -0.05) is 25.1 Å². The predicted molar refractivity (Wildman–Crippen MR) is 78.6 cm³/mol. The number of nitro benzene ring substituents is 1. The summed E-state index contributed by atoms with van der Waals surface area (Å²) in [7, 11) is 0. The summed E-state index contributed by atoms with van der Waals surface area (Å²) in [5.41, 5.74) is 1.13. The standard InChI is InChI=1S/C16H22N2O2/c1-2-17-15(14-8-12-7-13(12)9-14)10-11-5-3-4-6-16(11)18(19)20/h3-6,12-15,17H,2,7-10H2,1H3. The van der Waals surface area contributed by atoms with Crippen LogP contribution < -0.4 is 5.32 Å². The minimum Gasteiger partial charge on any atom is -0.314 e. The lowest BCUT2D eigenvalue weighted by atomic mass is 9.89. The lowest BCUT2D eigenvalue weighted by Crippen LogP contribution is -2.37. The Labute approximate surface area is 119 Å². The molecule has 0 heterocycles. The number of para-hydroxylation sites is 1. The van der Waals surface area contributed by atoms with Crippen molar-refractivity contribution in [3.05, 3.63) is 39.9 Å². The molecule has 2 saturated carbocycles. The molecule has 0 spiro atoms. The Balaban J connectivity index is 1.74. The lowest BCUT2D eigenvalue weighted by molar-refractivity contribution is -0.385. The molecule has 1 aromatic rings. The molecule has 0 aliphatic heterocycles. The van der Waals surface area contributed by atoms with Gasteiger partial charge in [-0.15, -0.1) is 0 Å². The number of benzene rings is 1. The first-order valence-electron chi connectivity index (χ1n) is 7.64. The number of hydrogen-bond donors (Lipinski definition) is 1. The van der Waals surface area contributed by atoms with E-state index < -0.39 is 0 Å². The van der Waals surface area contributed by atoms with E-state index in [0.717, 1.165) is 30.4 Å². The maximum absolute atomic E-state index is 11.1. The predicted octanol–water partition coefficient (Wildman–Crippen LogP) is 3.16. The zero-order valence-corrected chi connectivity index (χ0v) is 11.9. The van der Waals surface area contributed by atoms with Crippen LogP contribution in [-0.2, 0) is 6.42 Å². The highest BCUT2D eigenvalue weighted by molar-refractivity contribution is 5.40. The van der Waals surface area contributed by atoms with Gasteiger partial charge >= 0.3 is 0 Å². The third kappa shape index (κ3) is 2.70. The Morgan fingerprint density at radius 2 is 2.00 bits per heavy atom. The molecular weight excluding hydrogens is 252 g/mol. The van der Waals surface area contributed by atoms with Crippen LogP contribution in [0, 0.1) is 27.9 Å². The number of fused-ring (bicyclic) bond motifs is 1. The van der Waals surface area contributed by atoms with Crippen molar-refractivity contribution in [1.82, 2.24) is 5.32 Å². The highest BCUT2D eigenvalue weighted by atomic mass is 16.6. The van der Waals surface area contributed by atoms with E-state index >= 15 is 0 Å². The molecule has 0 bridgehead atoms. The second kappa shape index (κ2) is 5.52. The van der Waals surface area contributed by atoms with Crippen molar-refractivity contribution in [2.75, 3.05) is 6.54 Å². The molecule has 2 aliphatic carbocycles. The van der Waals surface area contributed by atoms with Crippen LogP contribution >= 0.6 is 0 Å². The van der Waals surface area contributed by atoms with Gasteiger partial charge in [0.25, 0.3) is 5.69 Å². The summed E-state index contributed by atoms with van der Waals surface area (Å²) in [6.07, 6.45) is 4.81. The third-order valence-electron chi connectivity index (χ3n) is 4.94. The molecule has 108 valence electrons. The minimum absolute atomic E-state index is 0.259. The van der Waals surface area contributed by atoms with Crippen molar-refractivity contribution < 1.29 is 4.92 Å². The van der Waals surface area contributed by atoms with Gasteiger partial charge < -0.3 is 5.32 Å². The van der Waals surface area contributed by atoms with Crippen LogP contribution in [0.25, 0.3) is 0 Å². The molecule has 4 heteroatoms. The molecule has 20 heavy (non-hydrogen) atoms. The van der Waals surface area contributed by atoms with Crippen molar-refractivity contribution in [1.29, 1.82) is 0 Å². The van der Waals surface area contributed by atoms with E-state index in [0.29, 0.717) is 12.0 Å². The Morgan fingerprint density at radius 1 is 1.30 bits per heavy atom. The second-order valence-electron chi connectivity index (χ2n) is 6.24. The van der Waals surface area contributed by atoms with E-state index in [1.54, 1.807) is 12.1 Å². The van der Waals surface area contributed by atoms with Gasteiger partial charge in [0, 0.05) is 17.7 Å². The first-order chi connectivity index (χ1) is 9.69. The Bertz CT molecular complexity index is 493. The van der Waals surface area contributed by atoms with Crippen LogP contribution in [0.2, 0.25) is 0 Å². The number of nitrogens with zero attached hydrogens (tertiary/aromatic N) is 1. The third-order valence-corrected chi connectivity index (χ3v) is 4.94. The van der Waals surface area contributed by atoms with Crippen LogP contribution in [0.3, 0.4) is 0 Å². The number of rotatable bonds is 6. The largest absolute Gasteiger partial charge is 0.314 e. The minimum atomic E-state index is -0.259. The van der Waals surface area contributed by atoms with E-state index in [1.807, 2.05) is 12.1 Å². The fraction of sp³-hybridized carbons (Fsp3) is 0.625. The number of nitro groups is 1. The Morgan fingerprint density at radius 3 is 2.65 bits per heavy atom. The topological polar surface area (TPSA) is 55.2 Å². The molecule has 0 radical (unpaired) electrons. The fourth-order valence-electron chi connectivity index (χ4n) is 3.86. The van der Waals surface area contributed by atoms with Crippen molar-refractivity contribution in [2.45, 2.75) is 38.6 Å². The summed E-state index contributed by atoms with van der Waals surface area (Å²) in [5, 5.41) is 14.7. The van der Waals surface area contributed by atoms with Crippen LogP contribution in [-0.4, -0.2) is 17.5 Å². The maximum atomic E-state index is 11.1. The molecule has 0 amide bonds. The van der Waals surface area contributed by atoms with Gasteiger partial charge in [-0.05, 0) is 50.0 Å². The van der Waals surface area contributed by atoms with Gasteiger partial charge in [0.15, 0.2) is 0 Å². The van der Waals surface area contributed by atoms with Crippen molar-refractivity contribution >= 4 is 5.69 Å². The number of nitrogens with one attached hydrogen (secondary N) is 1. The average molecular weight is 274 g/mol. The van der Waals surface area contributed by atoms with Crippen LogP contribution in [0.15, 0.2) is 24.3 Å². The highest BCUT2D eigenvalue weighted by Gasteiger charge is 2.47. The van der Waals surface area contributed by atoms with E-state index in [1.165, 1.54) is 19.3 Å². The van der Waals surface area contributed by atoms with Gasteiger partial charge in [0.1, 0.15) is 0 Å². The molecular formula is C16H22N2O2. The van der Waals surface area contributed by atoms with E-state index in [2.05, 4.69) is 12.2 Å². The smallest absolute Gasteiger partial charge is 0.272 e. The van der Waals surface area contributed by atoms with Crippen molar-refractivity contribution in [2.24, 2.45) is 17.8 Å². The molecule has 0 aromatic heterocycles. The number of likely N-dealkylation sites (N-methyl/N-ethyl adjacent to an activating group) is 1. The zero-order valence-electron chi connectivity index (χ0n) is 11.9. The molecule has 2 fully saturated rings. The summed E-state index contributed by atoms with van der Waals surface area (Å²) < 4.78 is 0. The van der Waals surface area contributed by atoms with Crippen molar-refractivity contribution in [3.63, 3.8) is 0 Å². The molecule has 4 nitrogen and oxygen atoms in total. The zero-order chi connectivity index (χ0) is 14.1. The molecule has 3 rings (SSSR count). The lowest BCUT2D eigenvalue weighted by Gasteiger charge is -2.25. The summed E-state index contributed by atoms with van der Waals surface area (Å²) in [6, 6.07) is 7.54. The van der Waals surface area contributed by atoms with Crippen LogP contribution in [0.4, 0.5) is 5.69 Å². The fourth-order valence-corrected chi connectivity index (χ4v) is 3.86. The van der Waals surface area contributed by atoms with E-state index in [4.69, 9.17) is 0 Å². The van der Waals surface area contributed by atoms with Crippen molar-refractivity contribution in [3.8, 4) is 0 Å². The quantitative estimate of drug-likeness (QED) is 0.640. The van der Waals surface area contributed by atoms with Gasteiger partial charge in [-0.25, -0.2) is 0 Å². The maximum Gasteiger partial charge on any atom is 0.272 e. The van der Waals surface area contributed by atoms with E-state index in [9.17, 15) is 10.1 Å². The summed E-state index contributed by atoms with van der Waals surface area (Å²) in [4.78, 5) is 10.9. The van der Waals surface area contributed by atoms with Gasteiger partial charge in [0.05, 0.1) is 4.92 Å². The summed E-state index contributed by atoms with van der Waals surface area (Å²) >= 11 is 0. The van der Waals surface area contributed by atoms with E-state index in [-0.39, 0.29) is 10.6 Å². The Hall–Kier alpha value is -1.42. The van der Waals surface area contributed by atoms with Crippen LogP contribution in [0.5, 0.6) is 0 Å². The first-order valence-corrected chi connectivity index (χ1v) is 7.64.